The number of ether oxygens (including phenoxy) is 2. The SMILES string of the molecule is Cc1nn(C(C)c2oc(=O)c3ccccc3c2-c2ccc(C3OC(C)(C)C(C)(C)O3)s2)c2ncnc(N)c12. The quantitative estimate of drug-likeness (QED) is 0.311. The highest BCUT2D eigenvalue weighted by Crippen LogP contribution is 2.48. The number of rotatable bonds is 4. The molecule has 4 aromatic heterocycles. The van der Waals surface area contributed by atoms with Crippen LogP contribution in [0.1, 0.15) is 63.3 Å². The van der Waals surface area contributed by atoms with E-state index in [1.165, 1.54) is 6.33 Å². The molecule has 1 unspecified atom stereocenters. The van der Waals surface area contributed by atoms with Gasteiger partial charge in [-0.2, -0.15) is 5.10 Å². The maximum Gasteiger partial charge on any atom is 0.343 e. The molecule has 0 radical (unpaired) electrons. The van der Waals surface area contributed by atoms with Gasteiger partial charge in [0.15, 0.2) is 11.9 Å². The van der Waals surface area contributed by atoms with Crippen LogP contribution >= 0.6 is 11.3 Å². The molecule has 196 valence electrons. The number of thiophene rings is 1. The summed E-state index contributed by atoms with van der Waals surface area (Å²) in [5.74, 6) is 0.842. The van der Waals surface area contributed by atoms with Crippen molar-refractivity contribution in [2.24, 2.45) is 0 Å². The number of benzene rings is 1. The largest absolute Gasteiger partial charge is 0.424 e. The van der Waals surface area contributed by atoms with Crippen molar-refractivity contribution in [1.82, 2.24) is 19.7 Å². The van der Waals surface area contributed by atoms with E-state index < -0.39 is 29.2 Å². The van der Waals surface area contributed by atoms with Gasteiger partial charge >= 0.3 is 5.63 Å². The number of anilines is 1. The molecule has 0 aliphatic carbocycles. The third kappa shape index (κ3) is 3.66. The molecule has 9 nitrogen and oxygen atoms in total. The van der Waals surface area contributed by atoms with Crippen LogP contribution in [0.25, 0.3) is 32.2 Å². The summed E-state index contributed by atoms with van der Waals surface area (Å²) in [6, 6.07) is 11.1. The van der Waals surface area contributed by atoms with Crippen LogP contribution < -0.4 is 11.4 Å². The second-order valence-electron chi connectivity index (χ2n) is 10.6. The molecule has 2 N–H and O–H groups in total. The molecule has 0 amide bonds. The summed E-state index contributed by atoms with van der Waals surface area (Å²) in [4.78, 5) is 23.5. The number of nitrogen functional groups attached to an aromatic ring is 1. The van der Waals surface area contributed by atoms with Gasteiger partial charge in [-0.15, -0.1) is 11.3 Å². The van der Waals surface area contributed by atoms with Gasteiger partial charge in [-0.3, -0.25) is 0 Å². The highest BCUT2D eigenvalue weighted by molar-refractivity contribution is 7.15. The van der Waals surface area contributed by atoms with Crippen molar-refractivity contribution in [2.45, 2.75) is 65.1 Å². The molecule has 1 fully saturated rings. The summed E-state index contributed by atoms with van der Waals surface area (Å²) >= 11 is 1.56. The zero-order valence-corrected chi connectivity index (χ0v) is 22.9. The average molecular weight is 532 g/mol. The van der Waals surface area contributed by atoms with E-state index in [4.69, 9.17) is 24.7 Å². The summed E-state index contributed by atoms with van der Waals surface area (Å²) in [7, 11) is 0. The summed E-state index contributed by atoms with van der Waals surface area (Å²) in [5.41, 5.74) is 6.93. The van der Waals surface area contributed by atoms with E-state index in [1.807, 2.05) is 71.9 Å². The molecule has 1 aromatic carbocycles. The zero-order valence-electron chi connectivity index (χ0n) is 22.1. The Kier molecular flexibility index (Phi) is 5.50. The fraction of sp³-hybridized carbons (Fsp3) is 0.357. The van der Waals surface area contributed by atoms with Crippen molar-refractivity contribution in [1.29, 1.82) is 0 Å². The fourth-order valence-corrected chi connectivity index (χ4v) is 5.92. The Morgan fingerprint density at radius 3 is 2.42 bits per heavy atom. The standard InChI is InChI=1S/C28H29N5O4S/c1-14-20-23(29)30-13-31-24(20)33(32-14)15(2)22-21(16-9-7-8-10-17(16)25(34)35-22)18-11-12-19(38-18)26-36-27(3,4)28(5,6)37-26/h7-13,15,26H,1-6H3,(H2,29,30,31). The maximum atomic E-state index is 13.1. The number of aryl methyl sites for hydroxylation is 1. The molecule has 10 heteroatoms. The fourth-order valence-electron chi connectivity index (χ4n) is 4.89. The summed E-state index contributed by atoms with van der Waals surface area (Å²) in [6.07, 6.45) is 0.925. The molecule has 0 saturated carbocycles. The lowest BCUT2D eigenvalue weighted by molar-refractivity contribution is -0.0871. The predicted molar refractivity (Wildman–Crippen MR) is 147 cm³/mol. The molecule has 5 aromatic rings. The van der Waals surface area contributed by atoms with Crippen LogP contribution in [0.2, 0.25) is 0 Å². The molecule has 38 heavy (non-hydrogen) atoms. The molecule has 1 atom stereocenters. The van der Waals surface area contributed by atoms with Gasteiger partial charge in [-0.05, 0) is 59.7 Å². The van der Waals surface area contributed by atoms with Gasteiger partial charge in [0.2, 0.25) is 0 Å². The first-order valence-electron chi connectivity index (χ1n) is 12.5. The van der Waals surface area contributed by atoms with Gasteiger partial charge in [0.05, 0.1) is 32.5 Å². The van der Waals surface area contributed by atoms with Crippen molar-refractivity contribution in [2.75, 3.05) is 5.73 Å². The van der Waals surface area contributed by atoms with Gasteiger partial charge in [-0.1, -0.05) is 18.2 Å². The summed E-state index contributed by atoms with van der Waals surface area (Å²) in [5, 5.41) is 6.70. The van der Waals surface area contributed by atoms with Crippen LogP contribution in [-0.4, -0.2) is 31.0 Å². The van der Waals surface area contributed by atoms with Crippen LogP contribution in [0.4, 0.5) is 5.82 Å². The Hall–Kier alpha value is -3.60. The second-order valence-corrected chi connectivity index (χ2v) is 11.7. The van der Waals surface area contributed by atoms with Crippen LogP contribution in [0.15, 0.2) is 51.9 Å². The Labute approximate surface area is 223 Å². The van der Waals surface area contributed by atoms with Gasteiger partial charge in [0, 0.05) is 15.8 Å². The molecule has 5 heterocycles. The van der Waals surface area contributed by atoms with E-state index in [1.54, 1.807) is 22.1 Å². The second kappa shape index (κ2) is 8.45. The number of aromatic nitrogens is 4. The van der Waals surface area contributed by atoms with Gasteiger partial charge in [-0.25, -0.2) is 19.4 Å². The lowest BCUT2D eigenvalue weighted by atomic mass is 9.90. The van der Waals surface area contributed by atoms with Crippen LogP contribution in [0.5, 0.6) is 0 Å². The third-order valence-electron chi connectivity index (χ3n) is 7.66. The Morgan fingerprint density at radius 2 is 1.71 bits per heavy atom. The molecule has 0 bridgehead atoms. The summed E-state index contributed by atoms with van der Waals surface area (Å²) < 4.78 is 20.4. The minimum atomic E-state index is -0.487. The minimum Gasteiger partial charge on any atom is -0.424 e. The Morgan fingerprint density at radius 1 is 1.03 bits per heavy atom. The zero-order chi connectivity index (χ0) is 27.0. The maximum absolute atomic E-state index is 13.1. The van der Waals surface area contributed by atoms with Crippen molar-refractivity contribution < 1.29 is 13.9 Å². The number of nitrogens with two attached hydrogens (primary N) is 1. The normalized spacial score (nSPS) is 17.9. The van der Waals surface area contributed by atoms with E-state index in [-0.39, 0.29) is 0 Å². The molecule has 0 spiro atoms. The number of hydrogen-bond donors (Lipinski definition) is 1. The topological polar surface area (TPSA) is 118 Å². The lowest BCUT2D eigenvalue weighted by Gasteiger charge is -2.30. The van der Waals surface area contributed by atoms with Gasteiger partial charge in [0.1, 0.15) is 23.9 Å². The first-order valence-corrected chi connectivity index (χ1v) is 13.3. The molecule has 1 aliphatic rings. The Bertz CT molecular complexity index is 1750. The van der Waals surface area contributed by atoms with E-state index >= 15 is 0 Å². The van der Waals surface area contributed by atoms with Gasteiger partial charge < -0.3 is 19.6 Å². The van der Waals surface area contributed by atoms with Crippen LogP contribution in [-0.2, 0) is 9.47 Å². The molecule has 6 rings (SSSR count). The number of nitrogens with zero attached hydrogens (tertiary/aromatic N) is 4. The van der Waals surface area contributed by atoms with Crippen molar-refractivity contribution in [3.05, 3.63) is 69.5 Å². The third-order valence-corrected chi connectivity index (χ3v) is 8.79. The molecular weight excluding hydrogens is 502 g/mol. The van der Waals surface area contributed by atoms with Crippen LogP contribution in [0.3, 0.4) is 0 Å². The summed E-state index contributed by atoms with van der Waals surface area (Å²) in [6.45, 7) is 11.9. The average Bonchev–Trinajstić information content (AvgIpc) is 3.54. The first kappa shape index (κ1) is 24.7. The predicted octanol–water partition coefficient (Wildman–Crippen LogP) is 5.76. The smallest absolute Gasteiger partial charge is 0.343 e. The monoisotopic (exact) mass is 531 g/mol. The molecular formula is C28H29N5O4S. The number of fused-ring (bicyclic) bond motifs is 2. The van der Waals surface area contributed by atoms with E-state index in [2.05, 4.69) is 9.97 Å². The van der Waals surface area contributed by atoms with Crippen molar-refractivity contribution in [3.8, 4) is 10.4 Å². The lowest BCUT2D eigenvalue weighted by Crippen LogP contribution is -2.41. The Balaban J connectivity index is 1.53. The highest BCUT2D eigenvalue weighted by Gasteiger charge is 2.50. The van der Waals surface area contributed by atoms with E-state index in [9.17, 15) is 4.79 Å². The molecule has 1 saturated heterocycles. The van der Waals surface area contributed by atoms with Gasteiger partial charge in [0.25, 0.3) is 0 Å². The minimum absolute atomic E-state index is 0.358. The first-order chi connectivity index (χ1) is 18.0. The van der Waals surface area contributed by atoms with Crippen molar-refractivity contribution in [3.63, 3.8) is 0 Å². The number of hydrogen-bond acceptors (Lipinski definition) is 9. The highest BCUT2D eigenvalue weighted by atomic mass is 32.1. The molecule has 1 aliphatic heterocycles. The van der Waals surface area contributed by atoms with Crippen LogP contribution in [0, 0.1) is 6.92 Å². The van der Waals surface area contributed by atoms with E-state index in [0.717, 1.165) is 20.7 Å². The van der Waals surface area contributed by atoms with Crippen molar-refractivity contribution >= 4 is 39.0 Å². The van der Waals surface area contributed by atoms with E-state index in [0.29, 0.717) is 33.7 Å².